The molecule has 0 unspecified atom stereocenters. The number of aromatic nitrogens is 3. The number of hydrogen-bond donors (Lipinski definition) is 3. The van der Waals surface area contributed by atoms with E-state index in [1.54, 1.807) is 16.8 Å². The fourth-order valence-electron chi connectivity index (χ4n) is 4.57. The van der Waals surface area contributed by atoms with Crippen LogP contribution >= 0.6 is 0 Å². The Labute approximate surface area is 212 Å². The summed E-state index contributed by atoms with van der Waals surface area (Å²) in [6.45, 7) is 2.20. The molecule has 3 aromatic heterocycles. The van der Waals surface area contributed by atoms with Crippen molar-refractivity contribution < 1.29 is 18.7 Å². The second kappa shape index (κ2) is 10.1. The molecule has 0 bridgehead atoms. The van der Waals surface area contributed by atoms with Gasteiger partial charge in [-0.25, -0.2) is 14.2 Å². The number of benzene rings is 2. The SMILES string of the molecule is COC(=O)c1c(NC(C)=O)c2cc(NCc3cccc(F)c3)cnc2n1CCc1c[nH]c2ccccc12. The number of aryl methyl sites for hydroxylation is 2. The molecule has 3 heterocycles. The zero-order valence-corrected chi connectivity index (χ0v) is 20.5. The molecule has 0 saturated carbocycles. The largest absolute Gasteiger partial charge is 0.464 e. The average Bonchev–Trinajstić information content (AvgIpc) is 3.44. The Morgan fingerprint density at radius 1 is 1.11 bits per heavy atom. The minimum atomic E-state index is -0.574. The van der Waals surface area contributed by atoms with Crippen LogP contribution in [0.25, 0.3) is 21.9 Å². The van der Waals surface area contributed by atoms with E-state index in [2.05, 4.69) is 20.6 Å². The van der Waals surface area contributed by atoms with Gasteiger partial charge >= 0.3 is 5.97 Å². The van der Waals surface area contributed by atoms with E-state index in [1.165, 1.54) is 26.2 Å². The van der Waals surface area contributed by atoms with Crippen LogP contribution in [-0.2, 0) is 29.0 Å². The number of amides is 1. The van der Waals surface area contributed by atoms with Gasteiger partial charge in [-0.1, -0.05) is 30.3 Å². The van der Waals surface area contributed by atoms with E-state index in [0.717, 1.165) is 22.0 Å². The predicted molar refractivity (Wildman–Crippen MR) is 141 cm³/mol. The standard InChI is InChI=1S/C28H26FN5O3/c1-17(35)33-25-23-13-21(30-14-18-6-5-7-20(29)12-18)16-32-27(23)34(26(25)28(36)37-2)11-10-19-15-31-24-9-4-3-8-22(19)24/h3-9,12-13,15-16,30-31H,10-11,14H2,1-2H3,(H,33,35). The van der Waals surface area contributed by atoms with Crippen LogP contribution in [-0.4, -0.2) is 33.5 Å². The van der Waals surface area contributed by atoms with Crippen molar-refractivity contribution in [3.05, 3.63) is 89.6 Å². The second-order valence-corrected chi connectivity index (χ2v) is 8.74. The molecule has 5 rings (SSSR count). The summed E-state index contributed by atoms with van der Waals surface area (Å²) in [7, 11) is 1.31. The van der Waals surface area contributed by atoms with Crippen LogP contribution in [0.4, 0.5) is 15.8 Å². The van der Waals surface area contributed by atoms with Crippen molar-refractivity contribution in [2.24, 2.45) is 0 Å². The highest BCUT2D eigenvalue weighted by molar-refractivity contribution is 6.11. The van der Waals surface area contributed by atoms with Gasteiger partial charge in [-0.2, -0.15) is 0 Å². The maximum atomic E-state index is 13.6. The molecule has 0 saturated heterocycles. The first-order valence-electron chi connectivity index (χ1n) is 11.9. The van der Waals surface area contributed by atoms with E-state index < -0.39 is 5.97 Å². The van der Waals surface area contributed by atoms with Crippen molar-refractivity contribution in [2.75, 3.05) is 17.7 Å². The molecule has 0 aliphatic carbocycles. The molecule has 0 aliphatic heterocycles. The highest BCUT2D eigenvalue weighted by Crippen LogP contribution is 2.33. The highest BCUT2D eigenvalue weighted by atomic mass is 19.1. The van der Waals surface area contributed by atoms with Crippen molar-refractivity contribution in [3.63, 3.8) is 0 Å². The number of carbonyl (C=O) groups excluding carboxylic acids is 2. The van der Waals surface area contributed by atoms with Gasteiger partial charge in [0.25, 0.3) is 0 Å². The number of para-hydroxylation sites is 1. The maximum Gasteiger partial charge on any atom is 0.356 e. The first-order chi connectivity index (χ1) is 17.9. The quantitative estimate of drug-likeness (QED) is 0.253. The molecule has 3 N–H and O–H groups in total. The van der Waals surface area contributed by atoms with Crippen LogP contribution in [0.2, 0.25) is 0 Å². The van der Waals surface area contributed by atoms with E-state index >= 15 is 0 Å². The third-order valence-corrected chi connectivity index (χ3v) is 6.24. The number of ether oxygens (including phenoxy) is 1. The number of aromatic amines is 1. The number of H-pyrrole nitrogens is 1. The van der Waals surface area contributed by atoms with Gasteiger partial charge in [-0.05, 0) is 41.8 Å². The van der Waals surface area contributed by atoms with Crippen molar-refractivity contribution in [2.45, 2.75) is 26.4 Å². The smallest absolute Gasteiger partial charge is 0.356 e. The number of carbonyl (C=O) groups is 2. The fourth-order valence-corrected chi connectivity index (χ4v) is 4.57. The minimum Gasteiger partial charge on any atom is -0.464 e. The van der Waals surface area contributed by atoms with Crippen LogP contribution < -0.4 is 10.6 Å². The number of fused-ring (bicyclic) bond motifs is 2. The maximum absolute atomic E-state index is 13.6. The Kier molecular flexibility index (Phi) is 6.59. The Morgan fingerprint density at radius 3 is 2.73 bits per heavy atom. The van der Waals surface area contributed by atoms with Crippen molar-refractivity contribution in [3.8, 4) is 0 Å². The molecule has 0 fully saturated rings. The summed E-state index contributed by atoms with van der Waals surface area (Å²) in [5.41, 5.74) is 4.68. The lowest BCUT2D eigenvalue weighted by atomic mass is 10.1. The number of nitrogens with one attached hydrogen (secondary N) is 3. The Hall–Kier alpha value is -4.66. The molecule has 9 heteroatoms. The molecule has 37 heavy (non-hydrogen) atoms. The van der Waals surface area contributed by atoms with Crippen LogP contribution in [0.1, 0.15) is 28.5 Å². The number of methoxy groups -OCH3 is 1. The Morgan fingerprint density at radius 2 is 1.95 bits per heavy atom. The average molecular weight is 500 g/mol. The van der Waals surface area contributed by atoms with Crippen LogP contribution in [0.3, 0.4) is 0 Å². The molecule has 1 amide bonds. The van der Waals surface area contributed by atoms with Crippen molar-refractivity contribution >= 4 is 45.2 Å². The third-order valence-electron chi connectivity index (χ3n) is 6.24. The lowest BCUT2D eigenvalue weighted by Gasteiger charge is -2.10. The molecule has 8 nitrogen and oxygen atoms in total. The highest BCUT2D eigenvalue weighted by Gasteiger charge is 2.25. The number of rotatable bonds is 8. The summed E-state index contributed by atoms with van der Waals surface area (Å²) in [5.74, 6) is -1.20. The van der Waals surface area contributed by atoms with Crippen molar-refractivity contribution in [1.29, 1.82) is 0 Å². The van der Waals surface area contributed by atoms with Gasteiger partial charge in [-0.15, -0.1) is 0 Å². The molecule has 0 spiro atoms. The Bertz CT molecular complexity index is 1620. The van der Waals surface area contributed by atoms with Gasteiger partial charge in [0.1, 0.15) is 11.5 Å². The number of anilines is 2. The number of hydrogen-bond acceptors (Lipinski definition) is 5. The molecular formula is C28H26FN5O3. The van der Waals surface area contributed by atoms with Crippen LogP contribution in [0.5, 0.6) is 0 Å². The van der Waals surface area contributed by atoms with E-state index in [4.69, 9.17) is 4.74 Å². The molecular weight excluding hydrogens is 473 g/mol. The molecule has 0 radical (unpaired) electrons. The summed E-state index contributed by atoms with van der Waals surface area (Å²) in [6, 6.07) is 16.2. The minimum absolute atomic E-state index is 0.224. The molecule has 5 aromatic rings. The number of halogens is 1. The summed E-state index contributed by atoms with van der Waals surface area (Å²) >= 11 is 0. The lowest BCUT2D eigenvalue weighted by molar-refractivity contribution is -0.114. The summed E-state index contributed by atoms with van der Waals surface area (Å²) in [4.78, 5) is 32.9. The van der Waals surface area contributed by atoms with Gasteiger partial charge in [0, 0.05) is 42.5 Å². The van der Waals surface area contributed by atoms with Crippen molar-refractivity contribution in [1.82, 2.24) is 14.5 Å². The van der Waals surface area contributed by atoms with E-state index in [9.17, 15) is 14.0 Å². The number of esters is 1. The van der Waals surface area contributed by atoms with Gasteiger partial charge in [0.05, 0.1) is 24.7 Å². The topological polar surface area (TPSA) is 101 Å². The second-order valence-electron chi connectivity index (χ2n) is 8.74. The Balaban J connectivity index is 1.54. The zero-order valence-electron chi connectivity index (χ0n) is 20.5. The third kappa shape index (κ3) is 4.88. The molecule has 0 atom stereocenters. The molecule has 2 aromatic carbocycles. The molecule has 188 valence electrons. The summed E-state index contributed by atoms with van der Waals surface area (Å²) < 4.78 is 20.4. The monoisotopic (exact) mass is 499 g/mol. The van der Waals surface area contributed by atoms with Gasteiger partial charge in [0.15, 0.2) is 5.69 Å². The summed E-state index contributed by atoms with van der Waals surface area (Å²) in [6.07, 6.45) is 4.24. The van der Waals surface area contributed by atoms with E-state index in [1.807, 2.05) is 42.6 Å². The first-order valence-corrected chi connectivity index (χ1v) is 11.9. The zero-order chi connectivity index (χ0) is 25.9. The normalized spacial score (nSPS) is 11.1. The molecule has 0 aliphatic rings. The van der Waals surface area contributed by atoms with Gasteiger partial charge in [0.2, 0.25) is 5.91 Å². The van der Waals surface area contributed by atoms with Crippen LogP contribution in [0.15, 0.2) is 67.0 Å². The van der Waals surface area contributed by atoms with Gasteiger partial charge in [-0.3, -0.25) is 4.79 Å². The van der Waals surface area contributed by atoms with E-state index in [0.29, 0.717) is 41.9 Å². The van der Waals surface area contributed by atoms with Gasteiger partial charge < -0.3 is 24.9 Å². The fraction of sp³-hybridized carbons (Fsp3) is 0.179. The first kappa shape index (κ1) is 24.1. The van der Waals surface area contributed by atoms with Crippen LogP contribution in [0, 0.1) is 5.82 Å². The number of pyridine rings is 1. The predicted octanol–water partition coefficient (Wildman–Crippen LogP) is 5.26. The number of nitrogens with zero attached hydrogens (tertiary/aromatic N) is 2. The summed E-state index contributed by atoms with van der Waals surface area (Å²) in [5, 5.41) is 7.74. The van der Waals surface area contributed by atoms with E-state index in [-0.39, 0.29) is 17.4 Å². The lowest BCUT2D eigenvalue weighted by Crippen LogP contribution is -2.16.